The number of nitrogens with one attached hydrogen (secondary N) is 2. The third-order valence-electron chi connectivity index (χ3n) is 5.11. The van der Waals surface area contributed by atoms with Crippen LogP contribution in [-0.4, -0.2) is 43.3 Å². The lowest BCUT2D eigenvalue weighted by Gasteiger charge is -2.28. The summed E-state index contributed by atoms with van der Waals surface area (Å²) in [5.74, 6) is 0.814. The molecule has 146 valence electrons. The first kappa shape index (κ1) is 20.1. The molecule has 0 aliphatic carbocycles. The van der Waals surface area contributed by atoms with Gasteiger partial charge in [-0.25, -0.2) is 0 Å². The van der Waals surface area contributed by atoms with Crippen molar-refractivity contribution in [2.24, 2.45) is 0 Å². The molecule has 0 amide bonds. The highest BCUT2D eigenvalue weighted by molar-refractivity contribution is 7.80. The van der Waals surface area contributed by atoms with Crippen LogP contribution < -0.4 is 15.0 Å². The third kappa shape index (κ3) is 6.19. The van der Waals surface area contributed by atoms with E-state index >= 15 is 0 Å². The van der Waals surface area contributed by atoms with Gasteiger partial charge < -0.3 is 19.9 Å². The van der Waals surface area contributed by atoms with E-state index in [0.717, 1.165) is 36.2 Å². The monoisotopic (exact) mass is 404 g/mol. The van der Waals surface area contributed by atoms with Crippen LogP contribution in [0.3, 0.4) is 0 Å². The van der Waals surface area contributed by atoms with E-state index in [4.69, 9.17) is 17.0 Å². The van der Waals surface area contributed by atoms with Crippen LogP contribution in [0.2, 0.25) is 0 Å². The van der Waals surface area contributed by atoms with Crippen LogP contribution in [-0.2, 0) is 6.54 Å². The SMILES string of the molecule is COc1ccccc1NC(=S)N(CC[NH+]1CCCCCC1)Cc1cccs1. The van der Waals surface area contributed by atoms with Gasteiger partial charge in [0, 0.05) is 4.88 Å². The number of para-hydroxylation sites is 2. The van der Waals surface area contributed by atoms with Crippen molar-refractivity contribution in [1.29, 1.82) is 0 Å². The summed E-state index contributed by atoms with van der Waals surface area (Å²) in [6.07, 6.45) is 5.47. The van der Waals surface area contributed by atoms with E-state index in [0.29, 0.717) is 0 Å². The van der Waals surface area contributed by atoms with Crippen molar-refractivity contribution in [3.8, 4) is 5.75 Å². The summed E-state index contributed by atoms with van der Waals surface area (Å²) in [7, 11) is 1.69. The standard InChI is InChI=1S/C21H29N3OS2/c1-25-20-11-5-4-10-19(20)22-21(26)24(17-18-9-8-16-27-18)15-14-23-12-6-2-3-7-13-23/h4-5,8-11,16H,2-3,6-7,12-15,17H2,1H3,(H,22,26)/p+1. The normalized spacial score (nSPS) is 15.1. The Morgan fingerprint density at radius 1 is 1.15 bits per heavy atom. The predicted molar refractivity (Wildman–Crippen MR) is 118 cm³/mol. The molecule has 4 nitrogen and oxygen atoms in total. The Bertz CT molecular complexity index is 697. The lowest BCUT2D eigenvalue weighted by Crippen LogP contribution is -3.12. The molecule has 1 saturated heterocycles. The summed E-state index contributed by atoms with van der Waals surface area (Å²) in [6.45, 7) is 5.54. The number of quaternary nitrogens is 1. The molecule has 2 N–H and O–H groups in total. The first-order valence-electron chi connectivity index (χ1n) is 9.81. The molecule has 27 heavy (non-hydrogen) atoms. The van der Waals surface area contributed by atoms with Gasteiger partial charge in [0.15, 0.2) is 5.11 Å². The molecular formula is C21H30N3OS2+. The van der Waals surface area contributed by atoms with Crippen LogP contribution in [0.4, 0.5) is 5.69 Å². The lowest BCUT2D eigenvalue weighted by atomic mass is 10.2. The molecule has 1 aromatic heterocycles. The highest BCUT2D eigenvalue weighted by Gasteiger charge is 2.17. The summed E-state index contributed by atoms with van der Waals surface area (Å²) in [5, 5.41) is 6.30. The van der Waals surface area contributed by atoms with Gasteiger partial charge in [0.05, 0.1) is 45.5 Å². The van der Waals surface area contributed by atoms with Crippen molar-refractivity contribution >= 4 is 34.4 Å². The number of hydrogen-bond donors (Lipinski definition) is 2. The fourth-order valence-corrected chi connectivity index (χ4v) is 4.54. The number of ether oxygens (including phenoxy) is 1. The molecule has 0 atom stereocenters. The van der Waals surface area contributed by atoms with E-state index in [9.17, 15) is 0 Å². The van der Waals surface area contributed by atoms with Crippen LogP contribution >= 0.6 is 23.6 Å². The molecule has 2 aromatic rings. The van der Waals surface area contributed by atoms with Gasteiger partial charge in [-0.1, -0.05) is 18.2 Å². The number of anilines is 1. The fourth-order valence-electron chi connectivity index (χ4n) is 3.56. The maximum absolute atomic E-state index is 5.79. The van der Waals surface area contributed by atoms with Gasteiger partial charge in [0.2, 0.25) is 0 Å². The second-order valence-corrected chi connectivity index (χ2v) is 8.46. The van der Waals surface area contributed by atoms with Gasteiger partial charge in [-0.3, -0.25) is 0 Å². The van der Waals surface area contributed by atoms with E-state index in [2.05, 4.69) is 27.7 Å². The van der Waals surface area contributed by atoms with E-state index in [1.165, 1.54) is 43.6 Å². The Labute approximate surface area is 172 Å². The number of hydrogen-bond acceptors (Lipinski definition) is 3. The van der Waals surface area contributed by atoms with Gasteiger partial charge in [-0.15, -0.1) is 11.3 Å². The lowest BCUT2D eigenvalue weighted by molar-refractivity contribution is -0.898. The van der Waals surface area contributed by atoms with Crippen molar-refractivity contribution in [2.75, 3.05) is 38.6 Å². The number of nitrogens with zero attached hydrogens (tertiary/aromatic N) is 1. The number of methoxy groups -OCH3 is 1. The average molecular weight is 405 g/mol. The maximum atomic E-state index is 5.79. The first-order valence-corrected chi connectivity index (χ1v) is 11.1. The van der Waals surface area contributed by atoms with Gasteiger partial charge in [-0.05, 0) is 61.5 Å². The Balaban J connectivity index is 1.65. The van der Waals surface area contributed by atoms with Crippen molar-refractivity contribution in [3.05, 3.63) is 46.7 Å². The minimum atomic E-state index is 0.766. The second-order valence-electron chi connectivity index (χ2n) is 7.05. The van der Waals surface area contributed by atoms with Crippen LogP contribution in [0, 0.1) is 0 Å². The third-order valence-corrected chi connectivity index (χ3v) is 6.33. The number of rotatable bonds is 7. The number of benzene rings is 1. The molecule has 0 saturated carbocycles. The summed E-state index contributed by atoms with van der Waals surface area (Å²) in [4.78, 5) is 5.35. The molecule has 1 aromatic carbocycles. The van der Waals surface area contributed by atoms with E-state index < -0.39 is 0 Å². The van der Waals surface area contributed by atoms with Crippen molar-refractivity contribution in [2.45, 2.75) is 32.2 Å². The van der Waals surface area contributed by atoms with Crippen molar-refractivity contribution in [3.63, 3.8) is 0 Å². The maximum Gasteiger partial charge on any atom is 0.174 e. The topological polar surface area (TPSA) is 28.9 Å². The van der Waals surface area contributed by atoms with Crippen LogP contribution in [0.1, 0.15) is 30.6 Å². The summed E-state index contributed by atoms with van der Waals surface area (Å²) >= 11 is 7.57. The molecule has 6 heteroatoms. The van der Waals surface area contributed by atoms with Gasteiger partial charge in [0.25, 0.3) is 0 Å². The zero-order valence-electron chi connectivity index (χ0n) is 16.1. The predicted octanol–water partition coefficient (Wildman–Crippen LogP) is 3.41. The minimum absolute atomic E-state index is 0.766. The van der Waals surface area contributed by atoms with E-state index in [-0.39, 0.29) is 0 Å². The molecule has 3 rings (SSSR count). The Hall–Kier alpha value is -1.63. The minimum Gasteiger partial charge on any atom is -0.495 e. The Kier molecular flexibility index (Phi) is 7.93. The molecule has 2 heterocycles. The number of thiocarbonyl (C=S) groups is 1. The zero-order valence-corrected chi connectivity index (χ0v) is 17.7. The summed E-state index contributed by atoms with van der Waals surface area (Å²) < 4.78 is 5.46. The van der Waals surface area contributed by atoms with Gasteiger partial charge in [-0.2, -0.15) is 0 Å². The Morgan fingerprint density at radius 3 is 2.63 bits per heavy atom. The zero-order chi connectivity index (χ0) is 18.9. The second kappa shape index (κ2) is 10.6. The molecule has 0 radical (unpaired) electrons. The molecule has 1 aliphatic heterocycles. The number of thiophene rings is 1. The smallest absolute Gasteiger partial charge is 0.174 e. The van der Waals surface area contributed by atoms with Gasteiger partial charge >= 0.3 is 0 Å². The van der Waals surface area contributed by atoms with Crippen LogP contribution in [0.5, 0.6) is 5.75 Å². The highest BCUT2D eigenvalue weighted by Crippen LogP contribution is 2.24. The highest BCUT2D eigenvalue weighted by atomic mass is 32.1. The molecule has 1 aliphatic rings. The molecule has 0 bridgehead atoms. The van der Waals surface area contributed by atoms with E-state index in [1.54, 1.807) is 23.3 Å². The summed E-state index contributed by atoms with van der Waals surface area (Å²) in [6, 6.07) is 12.2. The van der Waals surface area contributed by atoms with Gasteiger partial charge in [0.1, 0.15) is 5.75 Å². The fraction of sp³-hybridized carbons (Fsp3) is 0.476. The van der Waals surface area contributed by atoms with E-state index in [1.807, 2.05) is 24.3 Å². The Morgan fingerprint density at radius 2 is 1.93 bits per heavy atom. The number of likely N-dealkylation sites (tertiary alicyclic amines) is 1. The molecular weight excluding hydrogens is 374 g/mol. The van der Waals surface area contributed by atoms with Crippen LogP contribution in [0.15, 0.2) is 41.8 Å². The summed E-state index contributed by atoms with van der Waals surface area (Å²) in [5.41, 5.74) is 0.920. The van der Waals surface area contributed by atoms with Crippen molar-refractivity contribution < 1.29 is 9.64 Å². The quantitative estimate of drug-likeness (QED) is 0.692. The molecule has 1 fully saturated rings. The first-order chi connectivity index (χ1) is 13.3. The molecule has 0 spiro atoms. The molecule has 0 unspecified atom stereocenters. The van der Waals surface area contributed by atoms with Crippen molar-refractivity contribution in [1.82, 2.24) is 4.90 Å². The average Bonchev–Trinajstić information content (AvgIpc) is 3.06. The largest absolute Gasteiger partial charge is 0.495 e. The van der Waals surface area contributed by atoms with Crippen LogP contribution in [0.25, 0.3) is 0 Å².